The second-order valence-corrected chi connectivity index (χ2v) is 4.03. The van der Waals surface area contributed by atoms with Gasteiger partial charge in [0.15, 0.2) is 0 Å². The van der Waals surface area contributed by atoms with Crippen molar-refractivity contribution in [1.29, 1.82) is 10.5 Å². The minimum atomic E-state index is -4.48. The van der Waals surface area contributed by atoms with E-state index in [4.69, 9.17) is 15.3 Å². The molecule has 0 heterocycles. The molecule has 104 valence electrons. The van der Waals surface area contributed by atoms with Crippen molar-refractivity contribution in [3.05, 3.63) is 59.2 Å². The van der Waals surface area contributed by atoms with Crippen molar-refractivity contribution in [3.63, 3.8) is 0 Å². The Morgan fingerprint density at radius 2 is 1.67 bits per heavy atom. The molecule has 3 nitrogen and oxygen atoms in total. The van der Waals surface area contributed by atoms with E-state index in [0.717, 1.165) is 12.1 Å². The van der Waals surface area contributed by atoms with Gasteiger partial charge in [0, 0.05) is 0 Å². The Kier molecular flexibility index (Phi) is 3.82. The summed E-state index contributed by atoms with van der Waals surface area (Å²) >= 11 is 0. The fourth-order valence-electron chi connectivity index (χ4n) is 1.69. The van der Waals surface area contributed by atoms with Crippen LogP contribution >= 0.6 is 0 Å². The van der Waals surface area contributed by atoms with Crippen LogP contribution in [0.2, 0.25) is 0 Å². The van der Waals surface area contributed by atoms with Gasteiger partial charge in [0.1, 0.15) is 29.2 Å². The summed E-state index contributed by atoms with van der Waals surface area (Å²) in [6.45, 7) is 0. The predicted octanol–water partition coefficient (Wildman–Crippen LogP) is 4.24. The van der Waals surface area contributed by atoms with E-state index < -0.39 is 11.7 Å². The van der Waals surface area contributed by atoms with Gasteiger partial charge >= 0.3 is 6.18 Å². The van der Waals surface area contributed by atoms with Crippen LogP contribution in [0, 0.1) is 22.7 Å². The normalized spacial score (nSPS) is 10.5. The van der Waals surface area contributed by atoms with E-state index in [1.807, 2.05) is 12.1 Å². The molecule has 0 radical (unpaired) electrons. The zero-order valence-corrected chi connectivity index (χ0v) is 10.5. The molecule has 0 amide bonds. The second-order valence-electron chi connectivity index (χ2n) is 4.03. The number of benzene rings is 2. The number of nitriles is 2. The molecule has 2 rings (SSSR count). The van der Waals surface area contributed by atoms with Gasteiger partial charge in [0.25, 0.3) is 0 Å². The molecule has 0 bridgehead atoms. The summed E-state index contributed by atoms with van der Waals surface area (Å²) in [6, 6.07) is 12.3. The quantitative estimate of drug-likeness (QED) is 0.830. The monoisotopic (exact) mass is 288 g/mol. The number of rotatable bonds is 2. The summed E-state index contributed by atoms with van der Waals surface area (Å²) in [4.78, 5) is 0. The summed E-state index contributed by atoms with van der Waals surface area (Å²) in [6.07, 6.45) is -4.48. The number of alkyl halides is 3. The summed E-state index contributed by atoms with van der Waals surface area (Å²) in [5.74, 6) is -0.0210. The van der Waals surface area contributed by atoms with E-state index in [9.17, 15) is 13.2 Å². The molecule has 21 heavy (non-hydrogen) atoms. The van der Waals surface area contributed by atoms with Crippen molar-refractivity contribution in [1.82, 2.24) is 0 Å². The lowest BCUT2D eigenvalue weighted by Gasteiger charge is -2.11. The Balaban J connectivity index is 2.41. The number of halogens is 3. The topological polar surface area (TPSA) is 56.8 Å². The van der Waals surface area contributed by atoms with Crippen molar-refractivity contribution in [2.24, 2.45) is 0 Å². The Morgan fingerprint density at radius 1 is 0.952 bits per heavy atom. The van der Waals surface area contributed by atoms with E-state index in [2.05, 4.69) is 0 Å². The highest BCUT2D eigenvalue weighted by Gasteiger charge is 2.30. The van der Waals surface area contributed by atoms with Gasteiger partial charge in [-0.2, -0.15) is 23.7 Å². The smallest absolute Gasteiger partial charge is 0.416 e. The van der Waals surface area contributed by atoms with Gasteiger partial charge in [-0.1, -0.05) is 12.1 Å². The van der Waals surface area contributed by atoms with E-state index >= 15 is 0 Å². The van der Waals surface area contributed by atoms with Crippen LogP contribution < -0.4 is 4.74 Å². The lowest BCUT2D eigenvalue weighted by Crippen LogP contribution is -2.04. The minimum Gasteiger partial charge on any atom is -0.456 e. The van der Waals surface area contributed by atoms with Crippen molar-refractivity contribution in [2.75, 3.05) is 0 Å². The van der Waals surface area contributed by atoms with Crippen LogP contribution in [0.5, 0.6) is 11.5 Å². The maximum Gasteiger partial charge on any atom is 0.416 e. The molecule has 0 aliphatic rings. The summed E-state index contributed by atoms with van der Waals surface area (Å²) in [5.41, 5.74) is -0.769. The molecule has 0 aliphatic carbocycles. The zero-order chi connectivity index (χ0) is 15.5. The highest BCUT2D eigenvalue weighted by atomic mass is 19.4. The molecule has 0 atom stereocenters. The Labute approximate surface area is 118 Å². The molecular weight excluding hydrogens is 281 g/mol. The lowest BCUT2D eigenvalue weighted by atomic mass is 10.1. The van der Waals surface area contributed by atoms with Crippen LogP contribution in [-0.2, 0) is 6.18 Å². The maximum absolute atomic E-state index is 12.6. The van der Waals surface area contributed by atoms with Crippen LogP contribution in [-0.4, -0.2) is 0 Å². The summed E-state index contributed by atoms with van der Waals surface area (Å²) in [7, 11) is 0. The van der Waals surface area contributed by atoms with Gasteiger partial charge in [-0.05, 0) is 30.3 Å². The highest BCUT2D eigenvalue weighted by molar-refractivity contribution is 5.55. The molecule has 0 aliphatic heterocycles. The first-order valence-corrected chi connectivity index (χ1v) is 5.74. The molecule has 0 unspecified atom stereocenters. The molecular formula is C15H7F3N2O. The third-order valence-corrected chi connectivity index (χ3v) is 2.65. The number of hydrogen-bond donors (Lipinski definition) is 0. The molecule has 0 saturated carbocycles. The van der Waals surface area contributed by atoms with Crippen molar-refractivity contribution < 1.29 is 17.9 Å². The molecule has 0 fully saturated rings. The Bertz CT molecular complexity index is 755. The first-order chi connectivity index (χ1) is 9.95. The largest absolute Gasteiger partial charge is 0.456 e. The number of nitrogens with zero attached hydrogens (tertiary/aromatic N) is 2. The third-order valence-electron chi connectivity index (χ3n) is 2.65. The van der Waals surface area contributed by atoms with Crippen molar-refractivity contribution in [3.8, 4) is 23.6 Å². The average Bonchev–Trinajstić information content (AvgIpc) is 2.46. The molecule has 0 aromatic heterocycles. The third kappa shape index (κ3) is 3.13. The number of ether oxygens (including phenoxy) is 1. The number of hydrogen-bond acceptors (Lipinski definition) is 3. The maximum atomic E-state index is 12.6. The summed E-state index contributed by atoms with van der Waals surface area (Å²) < 4.78 is 43.2. The molecule has 0 saturated heterocycles. The van der Waals surface area contributed by atoms with E-state index in [1.165, 1.54) is 30.3 Å². The molecule has 2 aromatic rings. The lowest BCUT2D eigenvalue weighted by molar-refractivity contribution is -0.137. The van der Waals surface area contributed by atoms with Crippen LogP contribution in [0.25, 0.3) is 0 Å². The van der Waals surface area contributed by atoms with Crippen molar-refractivity contribution in [2.45, 2.75) is 6.18 Å². The predicted molar refractivity (Wildman–Crippen MR) is 67.4 cm³/mol. The average molecular weight is 288 g/mol. The van der Waals surface area contributed by atoms with Gasteiger partial charge in [-0.3, -0.25) is 0 Å². The summed E-state index contributed by atoms with van der Waals surface area (Å²) in [5, 5.41) is 17.9. The van der Waals surface area contributed by atoms with Gasteiger partial charge in [0.2, 0.25) is 0 Å². The van der Waals surface area contributed by atoms with E-state index in [0.29, 0.717) is 0 Å². The molecule has 6 heteroatoms. The first kappa shape index (κ1) is 14.4. The van der Waals surface area contributed by atoms with E-state index in [1.54, 1.807) is 0 Å². The fourth-order valence-corrected chi connectivity index (χ4v) is 1.69. The van der Waals surface area contributed by atoms with E-state index in [-0.39, 0.29) is 22.6 Å². The molecule has 0 spiro atoms. The Morgan fingerprint density at radius 3 is 2.29 bits per heavy atom. The van der Waals surface area contributed by atoms with Gasteiger partial charge in [-0.25, -0.2) is 0 Å². The SMILES string of the molecule is N#Cc1cccc(Oc2cccc(C(F)(F)F)c2)c1C#N. The van der Waals surface area contributed by atoms with Crippen molar-refractivity contribution >= 4 is 0 Å². The van der Waals surface area contributed by atoms with Crippen LogP contribution in [0.3, 0.4) is 0 Å². The fraction of sp³-hybridized carbons (Fsp3) is 0.0667. The molecule has 0 N–H and O–H groups in total. The standard InChI is InChI=1S/C15H7F3N2O/c16-15(17,18)11-4-2-5-12(7-11)21-14-6-1-3-10(8-19)13(14)9-20/h1-7H. The highest BCUT2D eigenvalue weighted by Crippen LogP contribution is 2.33. The Hall–Kier alpha value is -2.99. The zero-order valence-electron chi connectivity index (χ0n) is 10.5. The second kappa shape index (κ2) is 5.56. The minimum absolute atomic E-state index is 0.0163. The van der Waals surface area contributed by atoms with Gasteiger partial charge < -0.3 is 4.74 Å². The van der Waals surface area contributed by atoms with Gasteiger partial charge in [-0.15, -0.1) is 0 Å². The molecule has 2 aromatic carbocycles. The van der Waals surface area contributed by atoms with Crippen LogP contribution in [0.15, 0.2) is 42.5 Å². The first-order valence-electron chi connectivity index (χ1n) is 5.74. The van der Waals surface area contributed by atoms with Gasteiger partial charge in [0.05, 0.1) is 11.1 Å². The van der Waals surface area contributed by atoms with Crippen LogP contribution in [0.4, 0.5) is 13.2 Å². The van der Waals surface area contributed by atoms with Crippen LogP contribution in [0.1, 0.15) is 16.7 Å².